The van der Waals surface area contributed by atoms with Crippen LogP contribution in [0.5, 0.6) is 0 Å². The highest BCUT2D eigenvalue weighted by Gasteiger charge is 2.25. The van der Waals surface area contributed by atoms with E-state index in [1.165, 1.54) is 23.1 Å². The number of carbonyl (C=O) groups is 1. The number of carbonyl (C=O) groups excluding carboxylic acids is 1. The second-order valence-corrected chi connectivity index (χ2v) is 8.96. The third-order valence-corrected chi connectivity index (χ3v) is 6.54. The van der Waals surface area contributed by atoms with Crippen molar-refractivity contribution in [1.82, 2.24) is 24.9 Å². The molecule has 3 aromatic rings. The Balaban J connectivity index is 1.62. The number of hydrogen-bond acceptors (Lipinski definition) is 4. The number of nitrogens with one attached hydrogen (secondary N) is 1. The van der Waals surface area contributed by atoms with E-state index in [0.717, 1.165) is 41.6 Å². The molecule has 7 heteroatoms. The maximum Gasteiger partial charge on any atom is 0.295 e. The number of amides is 1. The molecular formula is C26H33N5O2. The lowest BCUT2D eigenvalue weighted by Crippen LogP contribution is -2.39. The molecule has 174 valence electrons. The lowest BCUT2D eigenvalue weighted by molar-refractivity contribution is -0.124. The van der Waals surface area contributed by atoms with Gasteiger partial charge in [-0.15, -0.1) is 0 Å². The van der Waals surface area contributed by atoms with E-state index in [4.69, 9.17) is 0 Å². The largest absolute Gasteiger partial charge is 0.354 e. The van der Waals surface area contributed by atoms with Gasteiger partial charge in [-0.2, -0.15) is 10.2 Å². The molecule has 1 unspecified atom stereocenters. The molecular weight excluding hydrogens is 414 g/mol. The lowest BCUT2D eigenvalue weighted by Gasteiger charge is -2.18. The third kappa shape index (κ3) is 4.63. The first-order chi connectivity index (χ1) is 15.9. The van der Waals surface area contributed by atoms with Gasteiger partial charge in [0, 0.05) is 6.54 Å². The molecule has 0 spiro atoms. The molecule has 1 aliphatic rings. The summed E-state index contributed by atoms with van der Waals surface area (Å²) >= 11 is 0. The van der Waals surface area contributed by atoms with E-state index >= 15 is 0 Å². The number of rotatable bonds is 7. The average Bonchev–Trinajstić information content (AvgIpc) is 3.17. The van der Waals surface area contributed by atoms with E-state index in [9.17, 15) is 9.59 Å². The van der Waals surface area contributed by atoms with Crippen LogP contribution in [0, 0.1) is 20.8 Å². The van der Waals surface area contributed by atoms with Crippen molar-refractivity contribution in [1.29, 1.82) is 0 Å². The molecule has 1 aromatic carbocycles. The second-order valence-electron chi connectivity index (χ2n) is 8.96. The molecule has 7 nitrogen and oxygen atoms in total. The minimum Gasteiger partial charge on any atom is -0.354 e. The summed E-state index contributed by atoms with van der Waals surface area (Å²) in [7, 11) is 0. The first-order valence-electron chi connectivity index (χ1n) is 11.9. The van der Waals surface area contributed by atoms with Gasteiger partial charge < -0.3 is 5.32 Å². The molecule has 0 saturated heterocycles. The normalized spacial score (nSPS) is 14.8. The number of nitrogens with zero attached hydrogens (tertiary/aromatic N) is 4. The smallest absolute Gasteiger partial charge is 0.295 e. The molecule has 33 heavy (non-hydrogen) atoms. The van der Waals surface area contributed by atoms with E-state index < -0.39 is 6.04 Å². The van der Waals surface area contributed by atoms with Crippen molar-refractivity contribution < 1.29 is 4.79 Å². The highest BCUT2D eigenvalue weighted by molar-refractivity contribution is 5.84. The second kappa shape index (κ2) is 9.73. The summed E-state index contributed by atoms with van der Waals surface area (Å²) in [6.07, 6.45) is 8.37. The summed E-state index contributed by atoms with van der Waals surface area (Å²) in [6, 6.07) is 7.35. The van der Waals surface area contributed by atoms with Gasteiger partial charge in [-0.05, 0) is 71.4 Å². The van der Waals surface area contributed by atoms with Gasteiger partial charge in [0.2, 0.25) is 5.91 Å². The van der Waals surface area contributed by atoms with Crippen LogP contribution in [0.2, 0.25) is 0 Å². The summed E-state index contributed by atoms with van der Waals surface area (Å²) in [4.78, 5) is 26.4. The quantitative estimate of drug-likeness (QED) is 0.542. The lowest BCUT2D eigenvalue weighted by atomic mass is 9.97. The number of allylic oxidation sites excluding steroid dienone is 1. The molecule has 2 aromatic heterocycles. The van der Waals surface area contributed by atoms with Crippen molar-refractivity contribution in [2.24, 2.45) is 0 Å². The van der Waals surface area contributed by atoms with Crippen LogP contribution in [-0.4, -0.2) is 32.0 Å². The summed E-state index contributed by atoms with van der Waals surface area (Å²) in [5.41, 5.74) is 5.03. The highest BCUT2D eigenvalue weighted by Crippen LogP contribution is 2.23. The maximum absolute atomic E-state index is 13.4. The van der Waals surface area contributed by atoms with Crippen LogP contribution in [0.1, 0.15) is 68.4 Å². The molecule has 1 atom stereocenters. The summed E-state index contributed by atoms with van der Waals surface area (Å²) in [6.45, 7) is 8.32. The molecule has 0 saturated carbocycles. The minimum absolute atomic E-state index is 0.169. The van der Waals surface area contributed by atoms with Crippen molar-refractivity contribution in [3.63, 3.8) is 0 Å². The number of benzene rings is 1. The number of hydrogen-bond donors (Lipinski definition) is 1. The predicted octanol–water partition coefficient (Wildman–Crippen LogP) is 4.47. The molecule has 0 fully saturated rings. The Labute approximate surface area is 194 Å². The zero-order valence-corrected chi connectivity index (χ0v) is 20.0. The highest BCUT2D eigenvalue weighted by atomic mass is 16.2. The van der Waals surface area contributed by atoms with Crippen molar-refractivity contribution in [2.75, 3.05) is 6.54 Å². The van der Waals surface area contributed by atoms with Gasteiger partial charge in [0.1, 0.15) is 6.04 Å². The fraction of sp³-hybridized carbons (Fsp3) is 0.462. The van der Waals surface area contributed by atoms with Crippen LogP contribution in [0.15, 0.2) is 40.7 Å². The predicted molar refractivity (Wildman–Crippen MR) is 131 cm³/mol. The van der Waals surface area contributed by atoms with Crippen molar-refractivity contribution in [2.45, 2.75) is 72.3 Å². The zero-order chi connectivity index (χ0) is 23.5. The molecule has 0 radical (unpaired) electrons. The van der Waals surface area contributed by atoms with Gasteiger partial charge in [-0.1, -0.05) is 36.3 Å². The summed E-state index contributed by atoms with van der Waals surface area (Å²) < 4.78 is 3.10. The van der Waals surface area contributed by atoms with Gasteiger partial charge in [-0.25, -0.2) is 9.36 Å². The van der Waals surface area contributed by atoms with Crippen LogP contribution in [0.4, 0.5) is 0 Å². The Morgan fingerprint density at radius 2 is 1.88 bits per heavy atom. The standard InChI is InChI=1S/C26H33N5O2/c1-5-22(25(32)27-16-15-20-9-7-6-8-10-20)31-26(33)24-23(18(3)28-31)19(4)30(29-24)21-13-11-17(2)12-14-21/h9,11-14,22H,5-8,10,15-16H2,1-4H3,(H,27,32). The molecule has 4 rings (SSSR count). The third-order valence-electron chi connectivity index (χ3n) is 6.54. The molecule has 1 amide bonds. The Bertz CT molecular complexity index is 1250. The maximum atomic E-state index is 13.4. The van der Waals surface area contributed by atoms with Crippen LogP contribution in [0.3, 0.4) is 0 Å². The van der Waals surface area contributed by atoms with Crippen LogP contribution in [0.25, 0.3) is 16.6 Å². The van der Waals surface area contributed by atoms with Crippen LogP contribution in [-0.2, 0) is 4.79 Å². The Hall–Kier alpha value is -3.22. The average molecular weight is 448 g/mol. The van der Waals surface area contributed by atoms with Crippen LogP contribution < -0.4 is 10.9 Å². The SMILES string of the molecule is CCC(C(=O)NCCC1=CCCCC1)n1nc(C)c2c(C)n(-c3ccc(C)cc3)nc2c1=O. The fourth-order valence-electron chi connectivity index (χ4n) is 4.66. The summed E-state index contributed by atoms with van der Waals surface area (Å²) in [5.74, 6) is -0.169. The topological polar surface area (TPSA) is 81.8 Å². The first-order valence-corrected chi connectivity index (χ1v) is 11.9. The molecule has 1 aliphatic carbocycles. The first kappa shape index (κ1) is 23.0. The van der Waals surface area contributed by atoms with E-state index in [1.807, 2.05) is 52.0 Å². The van der Waals surface area contributed by atoms with Crippen molar-refractivity contribution >= 4 is 16.8 Å². The number of fused-ring (bicyclic) bond motifs is 1. The monoisotopic (exact) mass is 447 g/mol. The zero-order valence-electron chi connectivity index (χ0n) is 20.0. The Morgan fingerprint density at radius 3 is 2.55 bits per heavy atom. The minimum atomic E-state index is -0.661. The number of aromatic nitrogens is 4. The molecule has 1 N–H and O–H groups in total. The van der Waals surface area contributed by atoms with Gasteiger partial charge in [0.25, 0.3) is 5.56 Å². The summed E-state index contributed by atoms with van der Waals surface area (Å²) in [5, 5.41) is 13.0. The molecule has 2 heterocycles. The van der Waals surface area contributed by atoms with Gasteiger partial charge in [-0.3, -0.25) is 9.59 Å². The van der Waals surface area contributed by atoms with Crippen molar-refractivity contribution in [3.8, 4) is 5.69 Å². The van der Waals surface area contributed by atoms with Gasteiger partial charge in [0.05, 0.1) is 22.5 Å². The van der Waals surface area contributed by atoms with Gasteiger partial charge in [0.15, 0.2) is 5.52 Å². The van der Waals surface area contributed by atoms with E-state index in [1.54, 1.807) is 4.68 Å². The number of aryl methyl sites for hydroxylation is 3. The Kier molecular flexibility index (Phi) is 6.77. The van der Waals surface area contributed by atoms with Crippen molar-refractivity contribution in [3.05, 3.63) is 63.2 Å². The van der Waals surface area contributed by atoms with Gasteiger partial charge >= 0.3 is 0 Å². The van der Waals surface area contributed by atoms with E-state index in [-0.39, 0.29) is 11.5 Å². The van der Waals surface area contributed by atoms with E-state index in [2.05, 4.69) is 21.6 Å². The molecule has 0 aliphatic heterocycles. The van der Waals surface area contributed by atoms with E-state index in [0.29, 0.717) is 24.2 Å². The molecule has 0 bridgehead atoms. The fourth-order valence-corrected chi connectivity index (χ4v) is 4.66. The van der Waals surface area contributed by atoms with Crippen LogP contribution >= 0.6 is 0 Å². The Morgan fingerprint density at radius 1 is 1.12 bits per heavy atom.